The molecule has 0 radical (unpaired) electrons. The van der Waals surface area contributed by atoms with Crippen LogP contribution in [0.2, 0.25) is 0 Å². The Morgan fingerprint density at radius 3 is 2.64 bits per heavy atom. The van der Waals surface area contributed by atoms with E-state index in [1.165, 1.54) is 10.9 Å². The Bertz CT molecular complexity index is 632. The van der Waals surface area contributed by atoms with Crippen LogP contribution in [0.1, 0.15) is 42.5 Å². The highest BCUT2D eigenvalue weighted by Crippen LogP contribution is 2.40. The van der Waals surface area contributed by atoms with E-state index in [0.717, 1.165) is 25.7 Å². The summed E-state index contributed by atoms with van der Waals surface area (Å²) >= 11 is 1.70. The number of aryl methyl sites for hydroxylation is 1. The van der Waals surface area contributed by atoms with Crippen molar-refractivity contribution in [3.8, 4) is 0 Å². The molecule has 0 saturated heterocycles. The summed E-state index contributed by atoms with van der Waals surface area (Å²) in [7, 11) is 0. The molecule has 0 atom stereocenters. The summed E-state index contributed by atoms with van der Waals surface area (Å²) in [5, 5.41) is 5.29. The van der Waals surface area contributed by atoms with Crippen molar-refractivity contribution in [1.82, 2.24) is 5.32 Å². The number of halogens is 1. The van der Waals surface area contributed by atoms with Gasteiger partial charge in [-0.2, -0.15) is 0 Å². The van der Waals surface area contributed by atoms with E-state index in [2.05, 4.69) is 16.8 Å². The number of rotatable bonds is 5. The predicted octanol–water partition coefficient (Wildman–Crippen LogP) is 4.41. The van der Waals surface area contributed by atoms with Crippen molar-refractivity contribution in [2.24, 2.45) is 0 Å². The van der Waals surface area contributed by atoms with E-state index in [1.54, 1.807) is 29.5 Å². The van der Waals surface area contributed by atoms with Gasteiger partial charge in [0, 0.05) is 11.3 Å². The van der Waals surface area contributed by atoms with E-state index in [9.17, 15) is 9.18 Å². The number of thiophene rings is 1. The van der Waals surface area contributed by atoms with E-state index in [-0.39, 0.29) is 17.3 Å². The number of benzene rings is 1. The highest BCUT2D eigenvalue weighted by molar-refractivity contribution is 7.10. The van der Waals surface area contributed by atoms with Crippen LogP contribution in [-0.2, 0) is 16.8 Å². The van der Waals surface area contributed by atoms with Crippen molar-refractivity contribution in [3.05, 3.63) is 58.0 Å². The van der Waals surface area contributed by atoms with E-state index in [1.807, 2.05) is 6.07 Å². The van der Waals surface area contributed by atoms with Crippen LogP contribution in [0, 0.1) is 5.82 Å². The Morgan fingerprint density at radius 2 is 1.95 bits per heavy atom. The summed E-state index contributed by atoms with van der Waals surface area (Å²) in [6.07, 6.45) is 5.06. The third-order valence-corrected chi connectivity index (χ3v) is 5.48. The summed E-state index contributed by atoms with van der Waals surface area (Å²) in [5.41, 5.74) is 0.412. The molecule has 3 rings (SSSR count). The molecule has 2 aromatic rings. The molecule has 1 aliphatic carbocycles. The van der Waals surface area contributed by atoms with Gasteiger partial charge in [0.05, 0.1) is 5.54 Å². The minimum absolute atomic E-state index is 0.0125. The number of hydrogen-bond acceptors (Lipinski definition) is 2. The molecule has 1 amide bonds. The number of amides is 1. The lowest BCUT2D eigenvalue weighted by Gasteiger charge is -2.29. The van der Waals surface area contributed by atoms with Crippen molar-refractivity contribution in [3.63, 3.8) is 0 Å². The summed E-state index contributed by atoms with van der Waals surface area (Å²) in [6, 6.07) is 10.8. The van der Waals surface area contributed by atoms with Gasteiger partial charge in [0.1, 0.15) is 5.82 Å². The molecule has 1 aliphatic rings. The quantitative estimate of drug-likeness (QED) is 0.870. The van der Waals surface area contributed by atoms with E-state index in [4.69, 9.17) is 0 Å². The minimum atomic E-state index is -0.232. The first-order chi connectivity index (χ1) is 10.7. The second kappa shape index (κ2) is 6.61. The van der Waals surface area contributed by atoms with Gasteiger partial charge in [0.15, 0.2) is 0 Å². The molecule has 1 aromatic carbocycles. The SMILES string of the molecule is O=C(CCc1ccccc1F)NC1(c2cccs2)CCCC1. The van der Waals surface area contributed by atoms with Crippen molar-refractivity contribution >= 4 is 17.2 Å². The Labute approximate surface area is 134 Å². The minimum Gasteiger partial charge on any atom is -0.346 e. The average Bonchev–Trinajstić information content (AvgIpc) is 3.18. The molecular weight excluding hydrogens is 297 g/mol. The van der Waals surface area contributed by atoms with Gasteiger partial charge in [-0.1, -0.05) is 37.1 Å². The zero-order valence-corrected chi connectivity index (χ0v) is 13.3. The van der Waals surface area contributed by atoms with Gasteiger partial charge < -0.3 is 5.32 Å². The highest BCUT2D eigenvalue weighted by Gasteiger charge is 2.37. The van der Waals surface area contributed by atoms with Gasteiger partial charge in [-0.05, 0) is 42.3 Å². The van der Waals surface area contributed by atoms with Crippen LogP contribution >= 0.6 is 11.3 Å². The lowest BCUT2D eigenvalue weighted by Crippen LogP contribution is -2.43. The highest BCUT2D eigenvalue weighted by atomic mass is 32.1. The number of carbonyl (C=O) groups is 1. The van der Waals surface area contributed by atoms with E-state index < -0.39 is 0 Å². The maximum atomic E-state index is 13.6. The maximum absolute atomic E-state index is 13.6. The zero-order chi connectivity index (χ0) is 15.4. The fourth-order valence-corrected chi connectivity index (χ4v) is 4.18. The fraction of sp³-hybridized carbons (Fsp3) is 0.389. The summed E-state index contributed by atoms with van der Waals surface area (Å²) < 4.78 is 13.6. The molecule has 4 heteroatoms. The maximum Gasteiger partial charge on any atom is 0.221 e. The molecule has 1 heterocycles. The van der Waals surface area contributed by atoms with Crippen LogP contribution < -0.4 is 5.32 Å². The number of nitrogens with one attached hydrogen (secondary N) is 1. The number of hydrogen-bond donors (Lipinski definition) is 1. The second-order valence-corrected chi connectivity index (χ2v) is 6.85. The van der Waals surface area contributed by atoms with Gasteiger partial charge in [-0.25, -0.2) is 4.39 Å². The average molecular weight is 317 g/mol. The van der Waals surface area contributed by atoms with Gasteiger partial charge in [-0.15, -0.1) is 11.3 Å². The van der Waals surface area contributed by atoms with E-state index in [0.29, 0.717) is 18.4 Å². The van der Waals surface area contributed by atoms with Crippen molar-refractivity contribution in [2.45, 2.75) is 44.1 Å². The molecule has 1 N–H and O–H groups in total. The largest absolute Gasteiger partial charge is 0.346 e. The topological polar surface area (TPSA) is 29.1 Å². The van der Waals surface area contributed by atoms with Crippen molar-refractivity contribution < 1.29 is 9.18 Å². The predicted molar refractivity (Wildman–Crippen MR) is 87.3 cm³/mol. The Balaban J connectivity index is 1.64. The van der Waals surface area contributed by atoms with Gasteiger partial charge >= 0.3 is 0 Å². The normalized spacial score (nSPS) is 16.6. The molecular formula is C18H20FNOS. The molecule has 22 heavy (non-hydrogen) atoms. The second-order valence-electron chi connectivity index (χ2n) is 5.91. The monoisotopic (exact) mass is 317 g/mol. The standard InChI is InChI=1S/C18H20FNOS/c19-15-7-2-1-6-14(15)9-10-17(21)20-18(11-3-4-12-18)16-8-5-13-22-16/h1-2,5-8,13H,3-4,9-12H2,(H,20,21). The molecule has 0 unspecified atom stereocenters. The molecule has 1 saturated carbocycles. The smallest absolute Gasteiger partial charge is 0.221 e. The lowest BCUT2D eigenvalue weighted by atomic mass is 9.95. The Kier molecular flexibility index (Phi) is 4.57. The molecule has 1 aromatic heterocycles. The Hall–Kier alpha value is -1.68. The molecule has 0 bridgehead atoms. The van der Waals surface area contributed by atoms with E-state index >= 15 is 0 Å². The van der Waals surface area contributed by atoms with Crippen molar-refractivity contribution in [1.29, 1.82) is 0 Å². The fourth-order valence-electron chi connectivity index (χ4n) is 3.24. The van der Waals surface area contributed by atoms with Crippen LogP contribution in [0.4, 0.5) is 4.39 Å². The summed E-state index contributed by atoms with van der Waals surface area (Å²) in [6.45, 7) is 0. The zero-order valence-electron chi connectivity index (χ0n) is 12.5. The molecule has 1 fully saturated rings. The molecule has 116 valence electrons. The summed E-state index contributed by atoms with van der Waals surface area (Å²) in [4.78, 5) is 13.6. The first kappa shape index (κ1) is 15.2. The van der Waals surface area contributed by atoms with Crippen LogP contribution in [0.15, 0.2) is 41.8 Å². The lowest BCUT2D eigenvalue weighted by molar-refractivity contribution is -0.123. The summed E-state index contributed by atoms with van der Waals surface area (Å²) in [5.74, 6) is -0.220. The van der Waals surface area contributed by atoms with Gasteiger partial charge in [0.25, 0.3) is 0 Å². The molecule has 0 aliphatic heterocycles. The van der Waals surface area contributed by atoms with Crippen LogP contribution in [0.5, 0.6) is 0 Å². The Morgan fingerprint density at radius 1 is 1.18 bits per heavy atom. The molecule has 0 spiro atoms. The molecule has 2 nitrogen and oxygen atoms in total. The third-order valence-electron chi connectivity index (χ3n) is 4.41. The first-order valence-electron chi connectivity index (χ1n) is 7.78. The first-order valence-corrected chi connectivity index (χ1v) is 8.66. The van der Waals surface area contributed by atoms with Gasteiger partial charge in [0.2, 0.25) is 5.91 Å². The van der Waals surface area contributed by atoms with Crippen LogP contribution in [-0.4, -0.2) is 5.91 Å². The van der Waals surface area contributed by atoms with Gasteiger partial charge in [-0.3, -0.25) is 4.79 Å². The van der Waals surface area contributed by atoms with Crippen LogP contribution in [0.25, 0.3) is 0 Å². The third kappa shape index (κ3) is 3.22. The van der Waals surface area contributed by atoms with Crippen LogP contribution in [0.3, 0.4) is 0 Å². The van der Waals surface area contributed by atoms with Crippen molar-refractivity contribution in [2.75, 3.05) is 0 Å². The number of carbonyl (C=O) groups excluding carboxylic acids is 1.